The lowest BCUT2D eigenvalue weighted by molar-refractivity contribution is -0.154. The van der Waals surface area contributed by atoms with Crippen molar-refractivity contribution in [2.45, 2.75) is 25.7 Å². The van der Waals surface area contributed by atoms with Gasteiger partial charge in [-0.15, -0.1) is 0 Å². The first-order valence-electron chi connectivity index (χ1n) is 8.52. The molecule has 2 fully saturated rings. The van der Waals surface area contributed by atoms with Gasteiger partial charge in [0.1, 0.15) is 12.4 Å². The maximum absolute atomic E-state index is 13.4. The Morgan fingerprint density at radius 2 is 1.73 bits per heavy atom. The number of hydrogen-bond donors (Lipinski definition) is 1. The number of benzene rings is 1. The van der Waals surface area contributed by atoms with Crippen LogP contribution in [-0.4, -0.2) is 41.7 Å². The minimum absolute atomic E-state index is 0.0254. The van der Waals surface area contributed by atoms with E-state index in [1.165, 1.54) is 18.2 Å². The van der Waals surface area contributed by atoms with E-state index >= 15 is 0 Å². The first-order chi connectivity index (χ1) is 12.5. The Labute approximate surface area is 149 Å². The van der Waals surface area contributed by atoms with Gasteiger partial charge in [-0.2, -0.15) is 0 Å². The summed E-state index contributed by atoms with van der Waals surface area (Å²) < 4.78 is 18.3. The SMILES string of the molecule is O=C(COC(=O)CN1C(=O)[C@H]2CCCC[C@@H]2C1=O)Nc1ccccc1F. The van der Waals surface area contributed by atoms with E-state index in [1.54, 1.807) is 6.07 Å². The van der Waals surface area contributed by atoms with Crippen LogP contribution >= 0.6 is 0 Å². The number of halogens is 1. The molecular weight excluding hydrogens is 343 g/mol. The molecule has 1 aromatic rings. The summed E-state index contributed by atoms with van der Waals surface area (Å²) >= 11 is 0. The lowest BCUT2D eigenvalue weighted by atomic mass is 9.81. The molecule has 1 aromatic carbocycles. The molecule has 2 aliphatic rings. The summed E-state index contributed by atoms with van der Waals surface area (Å²) in [6, 6.07) is 5.59. The number of fused-ring (bicyclic) bond motifs is 1. The van der Waals surface area contributed by atoms with Crippen molar-refractivity contribution < 1.29 is 28.3 Å². The zero-order valence-corrected chi connectivity index (χ0v) is 14.1. The Hall–Kier alpha value is -2.77. The van der Waals surface area contributed by atoms with Gasteiger partial charge in [-0.1, -0.05) is 25.0 Å². The Bertz CT molecular complexity index is 727. The van der Waals surface area contributed by atoms with Gasteiger partial charge < -0.3 is 10.1 Å². The highest BCUT2D eigenvalue weighted by Gasteiger charge is 2.48. The van der Waals surface area contributed by atoms with E-state index < -0.39 is 30.8 Å². The van der Waals surface area contributed by atoms with Gasteiger partial charge in [0, 0.05) is 0 Å². The molecule has 1 aliphatic heterocycles. The van der Waals surface area contributed by atoms with Crippen LogP contribution in [0.3, 0.4) is 0 Å². The van der Waals surface area contributed by atoms with Crippen LogP contribution in [0.25, 0.3) is 0 Å². The molecule has 2 atom stereocenters. The summed E-state index contributed by atoms with van der Waals surface area (Å²) in [7, 11) is 0. The summed E-state index contributed by atoms with van der Waals surface area (Å²) in [4.78, 5) is 49.1. The number of amides is 3. The maximum atomic E-state index is 13.4. The number of ether oxygens (including phenoxy) is 1. The molecule has 0 radical (unpaired) electrons. The number of rotatable bonds is 5. The van der Waals surface area contributed by atoms with Gasteiger partial charge in [-0.25, -0.2) is 4.39 Å². The number of likely N-dealkylation sites (tertiary alicyclic amines) is 1. The van der Waals surface area contributed by atoms with E-state index in [1.807, 2.05) is 0 Å². The topological polar surface area (TPSA) is 92.8 Å². The smallest absolute Gasteiger partial charge is 0.326 e. The van der Waals surface area contributed by atoms with E-state index in [0.29, 0.717) is 12.8 Å². The average molecular weight is 362 g/mol. The molecule has 1 saturated carbocycles. The highest BCUT2D eigenvalue weighted by molar-refractivity contribution is 6.07. The first kappa shape index (κ1) is 18.0. The maximum Gasteiger partial charge on any atom is 0.326 e. The number of imide groups is 1. The van der Waals surface area contributed by atoms with Gasteiger partial charge in [-0.3, -0.25) is 24.1 Å². The molecule has 1 aliphatic carbocycles. The fourth-order valence-corrected chi connectivity index (χ4v) is 3.46. The Kier molecular flexibility index (Phi) is 5.29. The summed E-state index contributed by atoms with van der Waals surface area (Å²) in [6.07, 6.45) is 3.11. The van der Waals surface area contributed by atoms with Crippen molar-refractivity contribution in [1.82, 2.24) is 4.90 Å². The quantitative estimate of drug-likeness (QED) is 0.633. The molecule has 1 saturated heterocycles. The third kappa shape index (κ3) is 3.74. The molecule has 3 rings (SSSR count). The molecule has 1 heterocycles. The van der Waals surface area contributed by atoms with Crippen molar-refractivity contribution in [2.24, 2.45) is 11.8 Å². The molecule has 0 bridgehead atoms. The van der Waals surface area contributed by atoms with Crippen LogP contribution in [0.2, 0.25) is 0 Å². The van der Waals surface area contributed by atoms with Gasteiger partial charge >= 0.3 is 5.97 Å². The Morgan fingerprint density at radius 3 is 2.35 bits per heavy atom. The van der Waals surface area contributed by atoms with Crippen LogP contribution in [0.1, 0.15) is 25.7 Å². The number of carbonyl (C=O) groups is 4. The number of nitrogens with one attached hydrogen (secondary N) is 1. The number of nitrogens with zero attached hydrogens (tertiary/aromatic N) is 1. The molecule has 0 spiro atoms. The number of hydrogen-bond acceptors (Lipinski definition) is 5. The van der Waals surface area contributed by atoms with Gasteiger partial charge in [0.15, 0.2) is 6.61 Å². The van der Waals surface area contributed by atoms with Crippen molar-refractivity contribution in [2.75, 3.05) is 18.5 Å². The molecule has 3 amide bonds. The Balaban J connectivity index is 1.50. The van der Waals surface area contributed by atoms with E-state index in [2.05, 4.69) is 5.32 Å². The van der Waals surface area contributed by atoms with Crippen LogP contribution in [0, 0.1) is 17.7 Å². The Morgan fingerprint density at radius 1 is 1.12 bits per heavy atom. The third-order valence-electron chi connectivity index (χ3n) is 4.73. The van der Waals surface area contributed by atoms with Crippen molar-refractivity contribution >= 4 is 29.4 Å². The second kappa shape index (κ2) is 7.63. The highest BCUT2D eigenvalue weighted by Crippen LogP contribution is 2.37. The minimum Gasteiger partial charge on any atom is -0.454 e. The van der Waals surface area contributed by atoms with Crippen LogP contribution < -0.4 is 5.32 Å². The van der Waals surface area contributed by atoms with Crippen LogP contribution in [0.4, 0.5) is 10.1 Å². The van der Waals surface area contributed by atoms with E-state index in [-0.39, 0.29) is 29.3 Å². The van der Waals surface area contributed by atoms with Crippen molar-refractivity contribution in [1.29, 1.82) is 0 Å². The van der Waals surface area contributed by atoms with Crippen molar-refractivity contribution in [3.8, 4) is 0 Å². The molecule has 0 unspecified atom stereocenters. The molecular formula is C18H19FN2O5. The van der Waals surface area contributed by atoms with Gasteiger partial charge in [-0.05, 0) is 25.0 Å². The first-order valence-corrected chi connectivity index (χ1v) is 8.52. The van der Waals surface area contributed by atoms with Crippen LogP contribution in [0.5, 0.6) is 0 Å². The minimum atomic E-state index is -0.853. The van der Waals surface area contributed by atoms with Crippen molar-refractivity contribution in [3.63, 3.8) is 0 Å². The lowest BCUT2D eigenvalue weighted by Crippen LogP contribution is -2.37. The predicted octanol–water partition coefficient (Wildman–Crippen LogP) is 1.48. The predicted molar refractivity (Wildman–Crippen MR) is 88.2 cm³/mol. The zero-order valence-electron chi connectivity index (χ0n) is 14.1. The van der Waals surface area contributed by atoms with Gasteiger partial charge in [0.25, 0.3) is 5.91 Å². The standard InChI is InChI=1S/C18H19FN2O5/c19-13-7-3-4-8-14(13)20-15(22)10-26-16(23)9-21-17(24)11-5-1-2-6-12(11)18(21)25/h3-4,7-8,11-12H,1-2,5-6,9-10H2,(H,20,22)/t11-,12-/m0/s1. The van der Waals surface area contributed by atoms with Crippen molar-refractivity contribution in [3.05, 3.63) is 30.1 Å². The lowest BCUT2D eigenvalue weighted by Gasteiger charge is -2.19. The molecule has 7 nitrogen and oxygen atoms in total. The summed E-state index contributed by atoms with van der Waals surface area (Å²) in [6.45, 7) is -1.13. The molecule has 8 heteroatoms. The molecule has 1 N–H and O–H groups in total. The number of esters is 1. The van der Waals surface area contributed by atoms with E-state index in [0.717, 1.165) is 17.7 Å². The van der Waals surface area contributed by atoms with E-state index in [9.17, 15) is 23.6 Å². The fraction of sp³-hybridized carbons (Fsp3) is 0.444. The normalized spacial score (nSPS) is 22.1. The highest BCUT2D eigenvalue weighted by atomic mass is 19.1. The fourth-order valence-electron chi connectivity index (χ4n) is 3.46. The number of para-hydroxylation sites is 1. The largest absolute Gasteiger partial charge is 0.454 e. The molecule has 138 valence electrons. The second-order valence-corrected chi connectivity index (χ2v) is 6.45. The summed E-state index contributed by atoms with van der Waals surface area (Å²) in [5.41, 5.74) is -0.0254. The van der Waals surface area contributed by atoms with E-state index in [4.69, 9.17) is 4.74 Å². The average Bonchev–Trinajstić information content (AvgIpc) is 2.87. The third-order valence-corrected chi connectivity index (χ3v) is 4.73. The molecule has 0 aromatic heterocycles. The molecule has 26 heavy (non-hydrogen) atoms. The van der Waals surface area contributed by atoms with Gasteiger partial charge in [0.05, 0.1) is 17.5 Å². The zero-order chi connectivity index (χ0) is 18.7. The van der Waals surface area contributed by atoms with Gasteiger partial charge in [0.2, 0.25) is 11.8 Å². The summed E-state index contributed by atoms with van der Waals surface area (Å²) in [5, 5.41) is 2.28. The number of anilines is 1. The monoisotopic (exact) mass is 362 g/mol. The van der Waals surface area contributed by atoms with Crippen LogP contribution in [-0.2, 0) is 23.9 Å². The second-order valence-electron chi connectivity index (χ2n) is 6.45. The van der Waals surface area contributed by atoms with Crippen LogP contribution in [0.15, 0.2) is 24.3 Å². The number of carbonyl (C=O) groups excluding carboxylic acids is 4. The summed E-state index contributed by atoms with van der Waals surface area (Å²) in [5.74, 6) is -3.53.